The molecule has 1 unspecified atom stereocenters. The first-order valence-corrected chi connectivity index (χ1v) is 10.5. The maximum atomic E-state index is 12.3. The van der Waals surface area contributed by atoms with Crippen LogP contribution in [-0.2, 0) is 19.4 Å². The second-order valence-electron chi connectivity index (χ2n) is 7.58. The highest BCUT2D eigenvalue weighted by molar-refractivity contribution is 7.91. The maximum Gasteiger partial charge on any atom is 0.279 e. The molecule has 144 valence electrons. The zero-order valence-electron chi connectivity index (χ0n) is 15.8. The Morgan fingerprint density at radius 3 is 2.27 bits per heavy atom. The molecule has 0 saturated carbocycles. The van der Waals surface area contributed by atoms with Crippen molar-refractivity contribution in [2.75, 3.05) is 37.0 Å². The van der Waals surface area contributed by atoms with Gasteiger partial charge in [-0.3, -0.25) is 9.59 Å². The second kappa shape index (κ2) is 7.75. The smallest absolute Gasteiger partial charge is 0.279 e. The molecule has 2 amide bonds. The molecule has 26 heavy (non-hydrogen) atoms. The van der Waals surface area contributed by atoms with Crippen molar-refractivity contribution in [3.63, 3.8) is 0 Å². The largest absolute Gasteiger partial charge is 0.345 e. The number of nitrogens with one attached hydrogen (secondary N) is 3. The van der Waals surface area contributed by atoms with Crippen LogP contribution >= 0.6 is 0 Å². The third-order valence-corrected chi connectivity index (χ3v) is 6.52. The standard InChI is InChI=1S/C18H27N3O4S/c1-13-6-5-7-14(2)17(13)19-15(22)10-21(4)11-16(23)20-18(3)8-9-26(24,25)12-18/h5-7H,8-12H2,1-4H3,(H,19,22)(H,20,23)/p+1/t18-/m0/s1. The van der Waals surface area contributed by atoms with Crippen LogP contribution in [0.3, 0.4) is 0 Å². The highest BCUT2D eigenvalue weighted by Gasteiger charge is 2.39. The van der Waals surface area contributed by atoms with Crippen LogP contribution in [0.2, 0.25) is 0 Å². The summed E-state index contributed by atoms with van der Waals surface area (Å²) in [5, 5.41) is 5.72. The van der Waals surface area contributed by atoms with Gasteiger partial charge in [-0.1, -0.05) is 18.2 Å². The molecule has 1 aliphatic rings. The highest BCUT2D eigenvalue weighted by Crippen LogP contribution is 2.22. The zero-order chi connectivity index (χ0) is 19.5. The lowest BCUT2D eigenvalue weighted by Gasteiger charge is -2.24. The van der Waals surface area contributed by atoms with Gasteiger partial charge in [0.05, 0.1) is 24.1 Å². The van der Waals surface area contributed by atoms with Crippen molar-refractivity contribution in [2.45, 2.75) is 32.7 Å². The first kappa shape index (κ1) is 20.4. The van der Waals surface area contributed by atoms with Crippen molar-refractivity contribution in [1.29, 1.82) is 0 Å². The number of anilines is 1. The number of hydrogen-bond donors (Lipinski definition) is 3. The third-order valence-electron chi connectivity index (χ3n) is 4.61. The summed E-state index contributed by atoms with van der Waals surface area (Å²) in [7, 11) is -1.31. The minimum Gasteiger partial charge on any atom is -0.345 e. The van der Waals surface area contributed by atoms with Gasteiger partial charge in [0, 0.05) is 5.69 Å². The lowest BCUT2D eigenvalue weighted by Crippen LogP contribution is -3.11. The van der Waals surface area contributed by atoms with Gasteiger partial charge in [0.25, 0.3) is 11.8 Å². The van der Waals surface area contributed by atoms with E-state index in [9.17, 15) is 18.0 Å². The van der Waals surface area contributed by atoms with E-state index in [0.29, 0.717) is 6.42 Å². The summed E-state index contributed by atoms with van der Waals surface area (Å²) in [4.78, 5) is 25.2. The molecule has 3 N–H and O–H groups in total. The molecule has 0 aliphatic carbocycles. The summed E-state index contributed by atoms with van der Waals surface area (Å²) < 4.78 is 23.2. The molecule has 1 fully saturated rings. The Morgan fingerprint density at radius 2 is 1.73 bits per heavy atom. The Balaban J connectivity index is 1.85. The van der Waals surface area contributed by atoms with Crippen LogP contribution in [0.1, 0.15) is 24.5 Å². The molecule has 1 aromatic carbocycles. The predicted octanol–water partition coefficient (Wildman–Crippen LogP) is -0.550. The van der Waals surface area contributed by atoms with E-state index >= 15 is 0 Å². The Hall–Kier alpha value is -1.93. The van der Waals surface area contributed by atoms with E-state index < -0.39 is 15.4 Å². The number of para-hydroxylation sites is 1. The number of aryl methyl sites for hydroxylation is 2. The second-order valence-corrected chi connectivity index (χ2v) is 9.76. The molecule has 1 aromatic rings. The average Bonchev–Trinajstić information content (AvgIpc) is 2.75. The van der Waals surface area contributed by atoms with Crippen molar-refractivity contribution in [1.82, 2.24) is 5.32 Å². The third kappa shape index (κ3) is 5.54. The molecule has 0 radical (unpaired) electrons. The van der Waals surface area contributed by atoms with Crippen LogP contribution in [0.5, 0.6) is 0 Å². The molecule has 7 nitrogen and oxygen atoms in total. The van der Waals surface area contributed by atoms with Crippen LogP contribution in [0.15, 0.2) is 18.2 Å². The first-order chi connectivity index (χ1) is 12.0. The van der Waals surface area contributed by atoms with Crippen LogP contribution < -0.4 is 15.5 Å². The van der Waals surface area contributed by atoms with E-state index in [2.05, 4.69) is 10.6 Å². The average molecular weight is 383 g/mol. The number of amides is 2. The molecule has 1 heterocycles. The van der Waals surface area contributed by atoms with E-state index in [1.165, 1.54) is 0 Å². The minimum absolute atomic E-state index is 0.0299. The summed E-state index contributed by atoms with van der Waals surface area (Å²) in [5.41, 5.74) is 2.07. The summed E-state index contributed by atoms with van der Waals surface area (Å²) >= 11 is 0. The molecule has 0 bridgehead atoms. The molecule has 2 atom stereocenters. The van der Waals surface area contributed by atoms with Gasteiger partial charge in [-0.25, -0.2) is 8.42 Å². The molecule has 2 rings (SSSR count). The molecule has 1 saturated heterocycles. The van der Waals surface area contributed by atoms with E-state index in [4.69, 9.17) is 0 Å². The Labute approximate surface area is 155 Å². The van der Waals surface area contributed by atoms with Gasteiger partial charge in [-0.05, 0) is 38.3 Å². The number of likely N-dealkylation sites (N-methyl/N-ethyl adjacent to an activating group) is 1. The fourth-order valence-corrected chi connectivity index (χ4v) is 5.39. The summed E-state index contributed by atoms with van der Waals surface area (Å²) in [6.07, 6.45) is 0.424. The fourth-order valence-electron chi connectivity index (χ4n) is 3.30. The van der Waals surface area contributed by atoms with Crippen LogP contribution in [0.25, 0.3) is 0 Å². The number of rotatable bonds is 6. The van der Waals surface area contributed by atoms with Crippen molar-refractivity contribution in [2.24, 2.45) is 0 Å². The Bertz CT molecular complexity index is 786. The monoisotopic (exact) mass is 382 g/mol. The Morgan fingerprint density at radius 1 is 1.15 bits per heavy atom. The molecule has 0 spiro atoms. The van der Waals surface area contributed by atoms with Crippen molar-refractivity contribution in [3.05, 3.63) is 29.3 Å². The lowest BCUT2D eigenvalue weighted by molar-refractivity contribution is -0.862. The molecule has 1 aliphatic heterocycles. The van der Waals surface area contributed by atoms with Gasteiger partial charge >= 0.3 is 0 Å². The van der Waals surface area contributed by atoms with Crippen LogP contribution in [0, 0.1) is 13.8 Å². The van der Waals surface area contributed by atoms with Gasteiger partial charge in [-0.15, -0.1) is 0 Å². The maximum absolute atomic E-state index is 12.3. The first-order valence-electron chi connectivity index (χ1n) is 8.68. The van der Waals surface area contributed by atoms with Crippen molar-refractivity contribution >= 4 is 27.3 Å². The summed E-state index contributed by atoms with van der Waals surface area (Å²) in [6.45, 7) is 5.87. The normalized spacial score (nSPS) is 22.6. The van der Waals surface area contributed by atoms with Gasteiger partial charge in [-0.2, -0.15) is 0 Å². The molecular weight excluding hydrogens is 354 g/mol. The molecule has 0 aromatic heterocycles. The molecule has 8 heteroatoms. The minimum atomic E-state index is -3.08. The van der Waals surface area contributed by atoms with Crippen LogP contribution in [0.4, 0.5) is 5.69 Å². The zero-order valence-corrected chi connectivity index (χ0v) is 16.6. The van der Waals surface area contributed by atoms with E-state index in [1.54, 1.807) is 14.0 Å². The molecular formula is C18H28N3O4S+. The number of hydrogen-bond acceptors (Lipinski definition) is 4. The van der Waals surface area contributed by atoms with E-state index in [1.807, 2.05) is 32.0 Å². The Kier molecular flexibility index (Phi) is 6.08. The number of carbonyl (C=O) groups excluding carboxylic acids is 2. The number of sulfone groups is 1. The van der Waals surface area contributed by atoms with E-state index in [0.717, 1.165) is 21.7 Å². The summed E-state index contributed by atoms with van der Waals surface area (Å²) in [5.74, 6) is -0.341. The SMILES string of the molecule is Cc1cccc(C)c1NC(=O)C[NH+](C)CC(=O)N[C@@]1(C)CCS(=O)(=O)C1. The number of carbonyl (C=O) groups is 2. The van der Waals surface area contributed by atoms with Crippen molar-refractivity contribution < 1.29 is 22.9 Å². The van der Waals surface area contributed by atoms with Gasteiger partial charge < -0.3 is 15.5 Å². The van der Waals surface area contributed by atoms with E-state index in [-0.39, 0.29) is 36.4 Å². The number of benzene rings is 1. The topological polar surface area (TPSA) is 96.8 Å². The van der Waals surface area contributed by atoms with Gasteiger partial charge in [0.15, 0.2) is 22.9 Å². The highest BCUT2D eigenvalue weighted by atomic mass is 32.2. The van der Waals surface area contributed by atoms with Crippen LogP contribution in [-0.4, -0.2) is 57.4 Å². The number of quaternary nitrogens is 1. The quantitative estimate of drug-likeness (QED) is 0.615. The fraction of sp³-hybridized carbons (Fsp3) is 0.556. The van der Waals surface area contributed by atoms with Gasteiger partial charge in [0.1, 0.15) is 0 Å². The summed E-state index contributed by atoms with van der Waals surface area (Å²) in [6, 6.07) is 5.80. The van der Waals surface area contributed by atoms with Gasteiger partial charge in [0.2, 0.25) is 0 Å². The lowest BCUT2D eigenvalue weighted by atomic mass is 10.0. The van der Waals surface area contributed by atoms with Crippen molar-refractivity contribution in [3.8, 4) is 0 Å². The predicted molar refractivity (Wildman–Crippen MR) is 101 cm³/mol.